The number of aliphatic carboxylic acids is 1. The largest absolute Gasteiger partial charge is 0.550 e. The lowest BCUT2D eigenvalue weighted by molar-refractivity contribution is -0.302. The number of nitrogens with zero attached hydrogens (tertiary/aromatic N) is 1. The third-order valence-corrected chi connectivity index (χ3v) is 2.39. The smallest absolute Gasteiger partial charge is 0.149 e. The maximum absolute atomic E-state index is 8.89. The van der Waals surface area contributed by atoms with E-state index in [4.69, 9.17) is 9.90 Å². The molecule has 0 atom stereocenters. The van der Waals surface area contributed by atoms with Crippen molar-refractivity contribution >= 4 is 29.1 Å². The van der Waals surface area contributed by atoms with E-state index in [1.54, 1.807) is 23.1 Å². The molecule has 0 amide bonds. The number of carbonyl (C=O) groups is 1. The van der Waals surface area contributed by atoms with Gasteiger partial charge in [0.25, 0.3) is 0 Å². The Bertz CT molecular complexity index is 194. The lowest BCUT2D eigenvalue weighted by Gasteiger charge is -1.77. The van der Waals surface area contributed by atoms with E-state index in [9.17, 15) is 0 Å². The van der Waals surface area contributed by atoms with Crippen LogP contribution >= 0.6 is 23.1 Å². The normalized spacial score (nSPS) is 8.18. The van der Waals surface area contributed by atoms with Gasteiger partial charge in [-0.2, -0.15) is 0 Å². The molecule has 0 bridgehead atoms. The summed E-state index contributed by atoms with van der Waals surface area (Å²) in [4.78, 5) is 12.9. The van der Waals surface area contributed by atoms with Gasteiger partial charge in [0.1, 0.15) is 4.34 Å². The first kappa shape index (κ1) is 10.4. The highest BCUT2D eigenvalue weighted by Crippen LogP contribution is 2.15. The predicted molar refractivity (Wildman–Crippen MR) is 44.6 cm³/mol. The first-order chi connectivity index (χ1) is 5.16. The maximum atomic E-state index is 8.89. The minimum Gasteiger partial charge on any atom is -0.550 e. The van der Waals surface area contributed by atoms with Crippen molar-refractivity contribution in [2.24, 2.45) is 0 Å². The van der Waals surface area contributed by atoms with Crippen LogP contribution in [0, 0.1) is 0 Å². The van der Waals surface area contributed by atoms with Gasteiger partial charge in [-0.05, 0) is 13.2 Å². The Hall–Kier alpha value is -0.550. The molecule has 1 heterocycles. The van der Waals surface area contributed by atoms with Gasteiger partial charge in [0, 0.05) is 17.5 Å². The number of rotatable bonds is 1. The zero-order valence-electron chi connectivity index (χ0n) is 6.23. The van der Waals surface area contributed by atoms with Crippen LogP contribution in [0.15, 0.2) is 15.9 Å². The summed E-state index contributed by atoms with van der Waals surface area (Å²) < 4.78 is 1.14. The van der Waals surface area contributed by atoms with E-state index in [2.05, 4.69) is 4.98 Å². The first-order valence-electron chi connectivity index (χ1n) is 2.78. The topological polar surface area (TPSA) is 53.0 Å². The molecule has 5 heteroatoms. The van der Waals surface area contributed by atoms with Crippen molar-refractivity contribution in [2.75, 3.05) is 6.26 Å². The van der Waals surface area contributed by atoms with Gasteiger partial charge < -0.3 is 9.90 Å². The van der Waals surface area contributed by atoms with Crippen LogP contribution in [0.4, 0.5) is 0 Å². The molecule has 0 unspecified atom stereocenters. The summed E-state index contributed by atoms with van der Waals surface area (Å²) >= 11 is 3.36. The van der Waals surface area contributed by atoms with Crippen LogP contribution < -0.4 is 5.11 Å². The minimum atomic E-state index is -1.08. The SMILES string of the molecule is CC(=O)[O-].CSc1nccs1. The molecule has 62 valence electrons. The number of thioether (sulfide) groups is 1. The fraction of sp³-hybridized carbons (Fsp3) is 0.333. The summed E-state index contributed by atoms with van der Waals surface area (Å²) in [5.74, 6) is -1.08. The fourth-order valence-electron chi connectivity index (χ4n) is 0.311. The molecule has 1 rings (SSSR count). The third-order valence-electron chi connectivity index (χ3n) is 0.584. The number of aromatic nitrogens is 1. The molecule has 1 aromatic rings. The van der Waals surface area contributed by atoms with Gasteiger partial charge in [0.2, 0.25) is 0 Å². The lowest BCUT2D eigenvalue weighted by Crippen LogP contribution is -2.16. The van der Waals surface area contributed by atoms with Gasteiger partial charge in [0.15, 0.2) is 0 Å². The lowest BCUT2D eigenvalue weighted by atomic mass is 10.9. The van der Waals surface area contributed by atoms with Crippen LogP contribution in [-0.2, 0) is 4.79 Å². The first-order valence-corrected chi connectivity index (χ1v) is 4.88. The van der Waals surface area contributed by atoms with E-state index in [-0.39, 0.29) is 0 Å². The zero-order valence-corrected chi connectivity index (χ0v) is 7.87. The number of carboxylic acids is 1. The predicted octanol–water partition coefficient (Wildman–Crippen LogP) is 0.621. The van der Waals surface area contributed by atoms with E-state index in [1.807, 2.05) is 17.8 Å². The Labute approximate surface area is 73.5 Å². The Morgan fingerprint density at radius 3 is 2.55 bits per heavy atom. The van der Waals surface area contributed by atoms with Crippen LogP contribution in [-0.4, -0.2) is 17.2 Å². The van der Waals surface area contributed by atoms with Crippen LogP contribution in [0.2, 0.25) is 0 Å². The molecule has 0 aromatic carbocycles. The third kappa shape index (κ3) is 7.35. The van der Waals surface area contributed by atoms with Crippen LogP contribution in [0.25, 0.3) is 0 Å². The highest BCUT2D eigenvalue weighted by atomic mass is 32.2. The second-order valence-corrected chi connectivity index (χ2v) is 3.44. The number of thiazole rings is 1. The minimum absolute atomic E-state index is 0.972. The van der Waals surface area contributed by atoms with Crippen LogP contribution in [0.3, 0.4) is 0 Å². The van der Waals surface area contributed by atoms with Gasteiger partial charge >= 0.3 is 0 Å². The molecule has 0 saturated carbocycles. The maximum Gasteiger partial charge on any atom is 0.149 e. The zero-order chi connectivity index (χ0) is 8.69. The van der Waals surface area contributed by atoms with Crippen molar-refractivity contribution in [3.05, 3.63) is 11.6 Å². The Kier molecular flexibility index (Phi) is 5.87. The van der Waals surface area contributed by atoms with E-state index < -0.39 is 5.97 Å². The van der Waals surface area contributed by atoms with E-state index >= 15 is 0 Å². The molecule has 0 spiro atoms. The van der Waals surface area contributed by atoms with E-state index in [1.165, 1.54) is 0 Å². The molecule has 0 radical (unpaired) electrons. The molecule has 0 aliphatic heterocycles. The van der Waals surface area contributed by atoms with Gasteiger partial charge in [-0.3, -0.25) is 0 Å². The summed E-state index contributed by atoms with van der Waals surface area (Å²) in [7, 11) is 0. The van der Waals surface area contributed by atoms with Gasteiger partial charge in [0.05, 0.1) is 0 Å². The van der Waals surface area contributed by atoms with Gasteiger partial charge in [-0.1, -0.05) is 11.8 Å². The molecule has 0 fully saturated rings. The number of carboxylic acid groups (broad SMARTS) is 1. The molecule has 3 nitrogen and oxygen atoms in total. The van der Waals surface area contributed by atoms with Crippen molar-refractivity contribution < 1.29 is 9.90 Å². The average molecular weight is 190 g/mol. The highest BCUT2D eigenvalue weighted by Gasteiger charge is 1.85. The van der Waals surface area contributed by atoms with E-state index in [0.29, 0.717) is 0 Å². The van der Waals surface area contributed by atoms with Crippen molar-refractivity contribution in [1.82, 2.24) is 4.98 Å². The monoisotopic (exact) mass is 190 g/mol. The van der Waals surface area contributed by atoms with Gasteiger partial charge in [-0.15, -0.1) is 11.3 Å². The molecule has 0 saturated heterocycles. The summed E-state index contributed by atoms with van der Waals surface area (Å²) in [6.45, 7) is 0.972. The van der Waals surface area contributed by atoms with Crippen molar-refractivity contribution in [3.63, 3.8) is 0 Å². The Morgan fingerprint density at radius 1 is 1.82 bits per heavy atom. The Morgan fingerprint density at radius 2 is 2.36 bits per heavy atom. The Balaban J connectivity index is 0.000000218. The molecule has 0 aliphatic rings. The van der Waals surface area contributed by atoms with E-state index in [0.717, 1.165) is 11.3 Å². The quantitative estimate of drug-likeness (QED) is 0.609. The standard InChI is InChI=1S/C4H5NS2.C2H4O2/c1-6-4-5-2-3-7-4;1-2(3)4/h2-3H,1H3;1H3,(H,3,4)/p-1. The van der Waals surface area contributed by atoms with Crippen molar-refractivity contribution in [2.45, 2.75) is 11.3 Å². The van der Waals surface area contributed by atoms with Crippen LogP contribution in [0.5, 0.6) is 0 Å². The number of carbonyl (C=O) groups excluding carboxylic acids is 1. The molecule has 0 N–H and O–H groups in total. The second kappa shape index (κ2) is 6.18. The molecule has 11 heavy (non-hydrogen) atoms. The van der Waals surface area contributed by atoms with Crippen molar-refractivity contribution in [3.8, 4) is 0 Å². The highest BCUT2D eigenvalue weighted by molar-refractivity contribution is 8.00. The van der Waals surface area contributed by atoms with Gasteiger partial charge in [-0.25, -0.2) is 4.98 Å². The number of hydrogen-bond donors (Lipinski definition) is 0. The second-order valence-electron chi connectivity index (χ2n) is 1.49. The molecule has 1 aromatic heterocycles. The van der Waals surface area contributed by atoms with Crippen molar-refractivity contribution in [1.29, 1.82) is 0 Å². The summed E-state index contributed by atoms with van der Waals surface area (Å²) in [6, 6.07) is 0. The fourth-order valence-corrected chi connectivity index (χ4v) is 1.39. The molecular weight excluding hydrogens is 182 g/mol. The molecule has 0 aliphatic carbocycles. The summed E-state index contributed by atoms with van der Waals surface area (Å²) in [6.07, 6.45) is 3.84. The molecular formula is C6H8NO2S2-. The van der Waals surface area contributed by atoms with Crippen LogP contribution in [0.1, 0.15) is 6.92 Å². The summed E-state index contributed by atoms with van der Waals surface area (Å²) in [5.41, 5.74) is 0. The summed E-state index contributed by atoms with van der Waals surface area (Å²) in [5, 5.41) is 10.9. The average Bonchev–Trinajstić information content (AvgIpc) is 2.36. The number of hydrogen-bond acceptors (Lipinski definition) is 5.